The first-order chi connectivity index (χ1) is 12.5. The highest BCUT2D eigenvalue weighted by Gasteiger charge is 2.17. The van der Waals surface area contributed by atoms with Gasteiger partial charge in [0.1, 0.15) is 6.04 Å². The van der Waals surface area contributed by atoms with Gasteiger partial charge in [0.2, 0.25) is 0 Å². The largest absolute Gasteiger partial charge is 0.464 e. The molecule has 4 nitrogen and oxygen atoms in total. The van der Waals surface area contributed by atoms with Crippen LogP contribution in [0, 0.1) is 6.92 Å². The zero-order valence-corrected chi connectivity index (χ0v) is 16.3. The number of allylic oxidation sites excluding steroid dienone is 1. The summed E-state index contributed by atoms with van der Waals surface area (Å²) in [5.74, 6) is -0.638. The molecule has 1 N–H and O–H groups in total. The number of amides is 1. The van der Waals surface area contributed by atoms with E-state index in [0.29, 0.717) is 12.2 Å². The monoisotopic (exact) mass is 359 g/mol. The lowest BCUT2D eigenvalue weighted by Gasteiger charge is -2.13. The molecule has 0 aliphatic heterocycles. The van der Waals surface area contributed by atoms with Gasteiger partial charge in [0.25, 0.3) is 5.91 Å². The second-order valence-electron chi connectivity index (χ2n) is 6.78. The molecule has 4 heteroatoms. The second-order valence-corrected chi connectivity index (χ2v) is 6.78. The molecule has 0 saturated carbocycles. The van der Waals surface area contributed by atoms with Gasteiger partial charge < -0.3 is 10.1 Å². The van der Waals surface area contributed by atoms with Crippen LogP contribution < -0.4 is 5.32 Å². The predicted octanol–water partition coefficient (Wildman–Crippen LogP) is 4.96. The maximum atomic E-state index is 12.1. The Balaban J connectivity index is 2.10. The van der Waals surface area contributed by atoms with E-state index in [2.05, 4.69) is 11.9 Å². The summed E-state index contributed by atoms with van der Waals surface area (Å²) < 4.78 is 5.25. The van der Waals surface area contributed by atoms with Gasteiger partial charge in [0.15, 0.2) is 0 Å². The molecule has 1 atom stereocenters. The minimum atomic E-state index is -0.645. The van der Waals surface area contributed by atoms with E-state index in [4.69, 9.17) is 4.74 Å². The number of carbonyl (C=O) groups is 2. The Morgan fingerprint density at radius 1 is 1.04 bits per heavy atom. The van der Waals surface area contributed by atoms with Gasteiger partial charge in [-0.2, -0.15) is 0 Å². The summed E-state index contributed by atoms with van der Waals surface area (Å²) in [6.45, 7) is 7.75. The summed E-state index contributed by atoms with van der Waals surface area (Å²) >= 11 is 0. The number of esters is 1. The maximum absolute atomic E-state index is 12.1. The number of ether oxygens (including phenoxy) is 1. The van der Waals surface area contributed by atoms with E-state index in [1.165, 1.54) is 32.1 Å². The minimum Gasteiger partial charge on any atom is -0.464 e. The number of unbranched alkanes of at least 4 members (excludes halogenated alkanes) is 7. The highest BCUT2D eigenvalue weighted by atomic mass is 16.5. The molecule has 0 heterocycles. The number of rotatable bonds is 13. The fraction of sp³-hybridized carbons (Fsp3) is 0.545. The van der Waals surface area contributed by atoms with Crippen LogP contribution >= 0.6 is 0 Å². The van der Waals surface area contributed by atoms with Crippen LogP contribution in [0.3, 0.4) is 0 Å². The van der Waals surface area contributed by atoms with Crippen LogP contribution in [0.5, 0.6) is 0 Å². The first-order valence-electron chi connectivity index (χ1n) is 9.69. The van der Waals surface area contributed by atoms with Gasteiger partial charge in [-0.05, 0) is 45.2 Å². The lowest BCUT2D eigenvalue weighted by Crippen LogP contribution is -2.39. The first-order valence-corrected chi connectivity index (χ1v) is 9.69. The summed E-state index contributed by atoms with van der Waals surface area (Å²) in [5, 5.41) is 2.68. The standard InChI is InChI=1S/C22H33NO3/c1-4-5-6-7-8-9-10-11-12-17-26-22(25)19(3)23-21(24)20-15-13-18(2)14-16-20/h4,13-16,19H,1,5-12,17H2,2-3H3,(H,23,24)/t19-/m0/s1. The molecule has 0 aliphatic carbocycles. The molecule has 0 spiro atoms. The van der Waals surface area contributed by atoms with Crippen molar-refractivity contribution < 1.29 is 14.3 Å². The topological polar surface area (TPSA) is 55.4 Å². The molecule has 1 amide bonds. The fourth-order valence-corrected chi connectivity index (χ4v) is 2.62. The molecule has 144 valence electrons. The Labute approximate surface area is 158 Å². The van der Waals surface area contributed by atoms with Crippen LogP contribution in [0.4, 0.5) is 0 Å². The van der Waals surface area contributed by atoms with Gasteiger partial charge in [-0.1, -0.05) is 55.9 Å². The van der Waals surface area contributed by atoms with Crippen molar-refractivity contribution in [2.24, 2.45) is 0 Å². The number of carbonyl (C=O) groups excluding carboxylic acids is 2. The molecule has 0 aliphatic rings. The number of hydrogen-bond donors (Lipinski definition) is 1. The van der Waals surface area contributed by atoms with E-state index in [1.807, 2.05) is 25.1 Å². The highest BCUT2D eigenvalue weighted by Crippen LogP contribution is 2.09. The molecule has 1 aromatic carbocycles. The molecule has 0 bridgehead atoms. The number of aryl methyl sites for hydroxylation is 1. The van der Waals surface area contributed by atoms with E-state index >= 15 is 0 Å². The van der Waals surface area contributed by atoms with E-state index in [1.54, 1.807) is 19.1 Å². The minimum absolute atomic E-state index is 0.258. The van der Waals surface area contributed by atoms with Gasteiger partial charge in [-0.3, -0.25) is 4.79 Å². The van der Waals surface area contributed by atoms with Crippen LogP contribution in [0.15, 0.2) is 36.9 Å². The number of nitrogens with one attached hydrogen (secondary N) is 1. The molecule has 0 fully saturated rings. The average Bonchev–Trinajstić information content (AvgIpc) is 2.63. The predicted molar refractivity (Wildman–Crippen MR) is 106 cm³/mol. The second kappa shape index (κ2) is 13.2. The third kappa shape index (κ3) is 9.40. The lowest BCUT2D eigenvalue weighted by molar-refractivity contribution is -0.145. The molecular weight excluding hydrogens is 326 g/mol. The van der Waals surface area contributed by atoms with Gasteiger partial charge in [0, 0.05) is 5.56 Å². The van der Waals surface area contributed by atoms with E-state index in [0.717, 1.165) is 24.8 Å². The Morgan fingerprint density at radius 3 is 2.23 bits per heavy atom. The van der Waals surface area contributed by atoms with Gasteiger partial charge >= 0.3 is 5.97 Å². The van der Waals surface area contributed by atoms with Crippen molar-refractivity contribution in [3.63, 3.8) is 0 Å². The Morgan fingerprint density at radius 2 is 1.62 bits per heavy atom. The van der Waals surface area contributed by atoms with E-state index in [9.17, 15) is 9.59 Å². The van der Waals surface area contributed by atoms with Crippen LogP contribution in [0.25, 0.3) is 0 Å². The molecule has 0 unspecified atom stereocenters. The maximum Gasteiger partial charge on any atom is 0.328 e. The van der Waals surface area contributed by atoms with Crippen LogP contribution in [-0.4, -0.2) is 24.5 Å². The van der Waals surface area contributed by atoms with Crippen molar-refractivity contribution in [1.29, 1.82) is 0 Å². The third-order valence-corrected chi connectivity index (χ3v) is 4.31. The van der Waals surface area contributed by atoms with Crippen LogP contribution in [0.1, 0.15) is 74.2 Å². The summed E-state index contributed by atoms with van der Waals surface area (Å²) in [6.07, 6.45) is 11.2. The third-order valence-electron chi connectivity index (χ3n) is 4.31. The molecule has 0 radical (unpaired) electrons. The van der Waals surface area contributed by atoms with Crippen LogP contribution in [0.2, 0.25) is 0 Å². The quantitative estimate of drug-likeness (QED) is 0.307. The number of hydrogen-bond acceptors (Lipinski definition) is 3. The van der Waals surface area contributed by atoms with Crippen molar-refractivity contribution in [2.45, 2.75) is 71.3 Å². The Bertz CT molecular complexity index is 551. The molecular formula is C22H33NO3. The van der Waals surface area contributed by atoms with Gasteiger partial charge in [0.05, 0.1) is 6.61 Å². The number of benzene rings is 1. The van der Waals surface area contributed by atoms with Gasteiger partial charge in [-0.15, -0.1) is 6.58 Å². The summed E-state index contributed by atoms with van der Waals surface area (Å²) in [7, 11) is 0. The fourth-order valence-electron chi connectivity index (χ4n) is 2.62. The van der Waals surface area contributed by atoms with Crippen molar-refractivity contribution in [3.05, 3.63) is 48.0 Å². The van der Waals surface area contributed by atoms with Crippen molar-refractivity contribution in [1.82, 2.24) is 5.32 Å². The van der Waals surface area contributed by atoms with E-state index in [-0.39, 0.29) is 11.9 Å². The first kappa shape index (κ1) is 21.9. The Kier molecular flexibility index (Phi) is 11.1. The normalized spacial score (nSPS) is 11.6. The van der Waals surface area contributed by atoms with Gasteiger partial charge in [-0.25, -0.2) is 4.79 Å². The summed E-state index contributed by atoms with van der Waals surface area (Å²) in [6, 6.07) is 6.60. The lowest BCUT2D eigenvalue weighted by atomic mass is 10.1. The highest BCUT2D eigenvalue weighted by molar-refractivity contribution is 5.96. The Hall–Kier alpha value is -2.10. The van der Waals surface area contributed by atoms with Crippen molar-refractivity contribution >= 4 is 11.9 Å². The molecule has 1 aromatic rings. The molecule has 0 saturated heterocycles. The molecule has 1 rings (SSSR count). The zero-order chi connectivity index (χ0) is 19.2. The van der Waals surface area contributed by atoms with Crippen LogP contribution in [-0.2, 0) is 9.53 Å². The van der Waals surface area contributed by atoms with E-state index < -0.39 is 6.04 Å². The van der Waals surface area contributed by atoms with Crippen molar-refractivity contribution in [3.8, 4) is 0 Å². The van der Waals surface area contributed by atoms with Crippen molar-refractivity contribution in [2.75, 3.05) is 6.61 Å². The molecule has 0 aromatic heterocycles. The molecule has 26 heavy (non-hydrogen) atoms. The SMILES string of the molecule is C=CCCCCCCCCCOC(=O)[C@H](C)NC(=O)c1ccc(C)cc1. The summed E-state index contributed by atoms with van der Waals surface area (Å²) in [5.41, 5.74) is 1.63. The summed E-state index contributed by atoms with van der Waals surface area (Å²) in [4.78, 5) is 24.0. The smallest absolute Gasteiger partial charge is 0.328 e. The average molecular weight is 360 g/mol. The zero-order valence-electron chi connectivity index (χ0n) is 16.3.